The van der Waals surface area contributed by atoms with Crippen molar-refractivity contribution in [3.8, 4) is 5.75 Å². The number of hydrogen-bond donors (Lipinski definition) is 1. The first-order valence-electron chi connectivity index (χ1n) is 7.85. The van der Waals surface area contributed by atoms with Gasteiger partial charge >= 0.3 is 0 Å². The topological polar surface area (TPSA) is 106 Å². The molecule has 1 saturated heterocycles. The van der Waals surface area contributed by atoms with Gasteiger partial charge < -0.3 is 4.74 Å². The third kappa shape index (κ3) is 3.58. The van der Waals surface area contributed by atoms with E-state index < -0.39 is 10.0 Å². The molecule has 0 spiro atoms. The maximum atomic E-state index is 12.7. The van der Waals surface area contributed by atoms with Crippen molar-refractivity contribution < 1.29 is 22.7 Å². The average Bonchev–Trinajstić information content (AvgIpc) is 2.99. The van der Waals surface area contributed by atoms with Gasteiger partial charge in [-0.15, -0.1) is 0 Å². The van der Waals surface area contributed by atoms with E-state index in [9.17, 15) is 18.0 Å². The van der Waals surface area contributed by atoms with Crippen molar-refractivity contribution in [3.05, 3.63) is 48.3 Å². The van der Waals surface area contributed by atoms with Crippen LogP contribution in [0.15, 0.2) is 47.6 Å². The normalized spacial score (nSPS) is 14.7. The summed E-state index contributed by atoms with van der Waals surface area (Å²) in [5.41, 5.74) is 0.899. The lowest BCUT2D eigenvalue weighted by Gasteiger charge is -2.17. The predicted octanol–water partition coefficient (Wildman–Crippen LogP) is 1.22. The highest BCUT2D eigenvalue weighted by molar-refractivity contribution is 7.89. The molecule has 0 unspecified atom stereocenters. The number of benzene rings is 1. The van der Waals surface area contributed by atoms with Gasteiger partial charge in [0.25, 0.3) is 0 Å². The number of methoxy groups -OCH3 is 1. The van der Waals surface area contributed by atoms with Crippen molar-refractivity contribution in [2.45, 2.75) is 24.3 Å². The van der Waals surface area contributed by atoms with Crippen molar-refractivity contribution >= 4 is 27.5 Å². The second-order valence-corrected chi connectivity index (χ2v) is 7.38. The Balaban J connectivity index is 1.93. The molecule has 2 heterocycles. The van der Waals surface area contributed by atoms with Gasteiger partial charge in [-0.05, 0) is 29.8 Å². The van der Waals surface area contributed by atoms with Crippen LogP contribution in [0.3, 0.4) is 0 Å². The highest BCUT2D eigenvalue weighted by atomic mass is 32.2. The number of ether oxygens (including phenoxy) is 1. The highest BCUT2D eigenvalue weighted by Crippen LogP contribution is 2.31. The minimum absolute atomic E-state index is 0.0468. The fourth-order valence-corrected chi connectivity index (χ4v) is 3.84. The molecule has 1 fully saturated rings. The fraction of sp³-hybridized carbons (Fsp3) is 0.235. The monoisotopic (exact) mass is 375 g/mol. The molecule has 0 atom stereocenters. The number of anilines is 1. The zero-order valence-electron chi connectivity index (χ0n) is 14.0. The number of sulfonamides is 1. The number of aromatic nitrogens is 1. The van der Waals surface area contributed by atoms with Crippen LogP contribution in [0.2, 0.25) is 0 Å². The molecule has 1 aliphatic rings. The smallest absolute Gasteiger partial charge is 0.244 e. The van der Waals surface area contributed by atoms with E-state index in [4.69, 9.17) is 4.74 Å². The van der Waals surface area contributed by atoms with Crippen molar-refractivity contribution in [3.63, 3.8) is 0 Å². The molecule has 2 amide bonds. The van der Waals surface area contributed by atoms with Gasteiger partial charge in [-0.2, -0.15) is 0 Å². The molecule has 1 N–H and O–H groups in total. The van der Waals surface area contributed by atoms with Crippen molar-refractivity contribution in [2.24, 2.45) is 0 Å². The van der Waals surface area contributed by atoms with Crippen LogP contribution in [0.4, 0.5) is 5.69 Å². The molecule has 0 saturated carbocycles. The molecule has 3 rings (SSSR count). The average molecular weight is 375 g/mol. The number of nitrogens with zero attached hydrogens (tertiary/aromatic N) is 2. The van der Waals surface area contributed by atoms with Crippen molar-refractivity contribution in [1.29, 1.82) is 0 Å². The predicted molar refractivity (Wildman–Crippen MR) is 93.0 cm³/mol. The van der Waals surface area contributed by atoms with Gasteiger partial charge in [0, 0.05) is 31.8 Å². The minimum atomic E-state index is -3.94. The van der Waals surface area contributed by atoms with Crippen LogP contribution in [0.5, 0.6) is 5.75 Å². The molecule has 9 heteroatoms. The van der Waals surface area contributed by atoms with Crippen LogP contribution in [0, 0.1) is 0 Å². The standard InChI is InChI=1S/C17H17N3O5S/c1-25-14-5-4-13(20-16(21)6-7-17(20)22)9-15(14)26(23,24)19-11-12-3-2-8-18-10-12/h2-5,8-10,19H,6-7,11H2,1H3. The molecule has 0 bridgehead atoms. The number of rotatable bonds is 6. The van der Waals surface area contributed by atoms with Crippen molar-refractivity contribution in [2.75, 3.05) is 12.0 Å². The van der Waals surface area contributed by atoms with E-state index in [-0.39, 0.29) is 47.5 Å². The Morgan fingerprint density at radius 2 is 1.92 bits per heavy atom. The summed E-state index contributed by atoms with van der Waals surface area (Å²) in [5.74, 6) is -0.592. The maximum Gasteiger partial charge on any atom is 0.244 e. The van der Waals surface area contributed by atoms with Crippen LogP contribution < -0.4 is 14.4 Å². The van der Waals surface area contributed by atoms with Gasteiger partial charge in [-0.3, -0.25) is 19.5 Å². The zero-order valence-corrected chi connectivity index (χ0v) is 14.8. The molecule has 136 valence electrons. The Hall–Kier alpha value is -2.78. The van der Waals surface area contributed by atoms with Gasteiger partial charge in [-0.25, -0.2) is 13.1 Å². The summed E-state index contributed by atoms with van der Waals surface area (Å²) >= 11 is 0. The van der Waals surface area contributed by atoms with Crippen LogP contribution >= 0.6 is 0 Å². The number of carbonyl (C=O) groups is 2. The van der Waals surface area contributed by atoms with Gasteiger partial charge in [-0.1, -0.05) is 6.07 Å². The first kappa shape index (κ1) is 18.0. The fourth-order valence-electron chi connectivity index (χ4n) is 2.64. The van der Waals surface area contributed by atoms with Gasteiger partial charge in [0.1, 0.15) is 10.6 Å². The number of pyridine rings is 1. The van der Waals surface area contributed by atoms with Crippen molar-refractivity contribution in [1.82, 2.24) is 9.71 Å². The first-order valence-corrected chi connectivity index (χ1v) is 9.33. The molecule has 1 aromatic carbocycles. The third-order valence-electron chi connectivity index (χ3n) is 3.94. The summed E-state index contributed by atoms with van der Waals surface area (Å²) in [6.07, 6.45) is 3.38. The SMILES string of the molecule is COc1ccc(N2C(=O)CCC2=O)cc1S(=O)(=O)NCc1cccnc1. The highest BCUT2D eigenvalue weighted by Gasteiger charge is 2.32. The quantitative estimate of drug-likeness (QED) is 0.761. The molecular weight excluding hydrogens is 358 g/mol. The van der Waals surface area contributed by atoms with E-state index in [2.05, 4.69) is 9.71 Å². The Bertz CT molecular complexity index is 928. The Morgan fingerprint density at radius 1 is 1.19 bits per heavy atom. The maximum absolute atomic E-state index is 12.7. The van der Waals surface area contributed by atoms with Crippen LogP contribution in [-0.4, -0.2) is 32.3 Å². The Labute approximate surface area is 150 Å². The Kier molecular flexibility index (Phi) is 5.01. The van der Waals surface area contributed by atoms with Gasteiger partial charge in [0.05, 0.1) is 12.8 Å². The molecule has 1 aromatic heterocycles. The summed E-state index contributed by atoms with van der Waals surface area (Å²) in [5, 5.41) is 0. The van der Waals surface area contributed by atoms with E-state index in [1.807, 2.05) is 0 Å². The largest absolute Gasteiger partial charge is 0.495 e. The third-order valence-corrected chi connectivity index (χ3v) is 5.36. The first-order chi connectivity index (χ1) is 12.4. The second-order valence-electron chi connectivity index (χ2n) is 5.64. The summed E-state index contributed by atoms with van der Waals surface area (Å²) in [7, 11) is -2.59. The van der Waals surface area contributed by atoms with E-state index in [1.54, 1.807) is 24.5 Å². The zero-order chi connectivity index (χ0) is 18.7. The molecular formula is C17H17N3O5S. The number of nitrogens with one attached hydrogen (secondary N) is 1. The molecule has 0 radical (unpaired) electrons. The number of hydrogen-bond acceptors (Lipinski definition) is 6. The summed E-state index contributed by atoms with van der Waals surface area (Å²) < 4.78 is 33.0. The lowest BCUT2D eigenvalue weighted by Crippen LogP contribution is -2.29. The molecule has 0 aliphatic carbocycles. The van der Waals surface area contributed by atoms with E-state index >= 15 is 0 Å². The number of amides is 2. The van der Waals surface area contributed by atoms with E-state index in [0.29, 0.717) is 5.56 Å². The number of carbonyl (C=O) groups excluding carboxylic acids is 2. The summed E-state index contributed by atoms with van der Waals surface area (Å²) in [4.78, 5) is 28.6. The van der Waals surface area contributed by atoms with E-state index in [1.165, 1.54) is 25.3 Å². The molecule has 26 heavy (non-hydrogen) atoms. The Morgan fingerprint density at radius 3 is 2.54 bits per heavy atom. The second kappa shape index (κ2) is 7.22. The summed E-state index contributed by atoms with van der Waals surface area (Å²) in [6, 6.07) is 7.62. The lowest BCUT2D eigenvalue weighted by molar-refractivity contribution is -0.121. The lowest BCUT2D eigenvalue weighted by atomic mass is 10.2. The summed E-state index contributed by atoms with van der Waals surface area (Å²) in [6.45, 7) is 0.0468. The molecule has 2 aromatic rings. The molecule has 8 nitrogen and oxygen atoms in total. The van der Waals surface area contributed by atoms with Crippen LogP contribution in [-0.2, 0) is 26.2 Å². The van der Waals surface area contributed by atoms with Gasteiger partial charge in [0.15, 0.2) is 0 Å². The molecule has 1 aliphatic heterocycles. The van der Waals surface area contributed by atoms with Gasteiger partial charge in [0.2, 0.25) is 21.8 Å². The van der Waals surface area contributed by atoms with E-state index in [0.717, 1.165) is 4.90 Å². The van der Waals surface area contributed by atoms with Crippen LogP contribution in [0.1, 0.15) is 18.4 Å². The minimum Gasteiger partial charge on any atom is -0.495 e. The number of imide groups is 1. The van der Waals surface area contributed by atoms with Crippen LogP contribution in [0.25, 0.3) is 0 Å².